The van der Waals surface area contributed by atoms with Crippen molar-refractivity contribution in [3.05, 3.63) is 58.3 Å². The van der Waals surface area contributed by atoms with E-state index in [1.165, 1.54) is 32.5 Å². The molecule has 4 aromatic rings. The molecule has 0 saturated carbocycles. The number of benzene rings is 2. The Morgan fingerprint density at radius 2 is 1.87 bits per heavy atom. The minimum absolute atomic E-state index is 0.00176. The average Bonchev–Trinajstić information content (AvgIpc) is 3.11. The number of ether oxygens (including phenoxy) is 1. The van der Waals surface area contributed by atoms with Gasteiger partial charge < -0.3 is 14.5 Å². The summed E-state index contributed by atoms with van der Waals surface area (Å²) in [6.45, 7) is 1.39. The molecule has 2 heterocycles. The van der Waals surface area contributed by atoms with E-state index in [1.807, 2.05) is 0 Å². The van der Waals surface area contributed by atoms with Gasteiger partial charge in [0, 0.05) is 35.8 Å². The summed E-state index contributed by atoms with van der Waals surface area (Å²) in [5, 5.41) is 14.6. The van der Waals surface area contributed by atoms with Crippen molar-refractivity contribution in [2.45, 2.75) is 6.92 Å². The van der Waals surface area contributed by atoms with E-state index >= 15 is 0 Å². The first-order valence-corrected chi connectivity index (χ1v) is 9.70. The monoisotopic (exact) mass is 459 g/mol. The van der Waals surface area contributed by atoms with E-state index in [0.717, 1.165) is 0 Å². The maximum atomic E-state index is 13.3. The lowest BCUT2D eigenvalue weighted by atomic mass is 10.0. The van der Waals surface area contributed by atoms with Crippen LogP contribution in [0.3, 0.4) is 0 Å². The second-order valence-corrected chi connectivity index (χ2v) is 7.40. The first-order valence-electron chi connectivity index (χ1n) is 8.95. The Balaban J connectivity index is 1.94. The number of carbonyl (C=O) groups excluding carboxylic acids is 2. The highest BCUT2D eigenvalue weighted by atomic mass is 35.5. The molecular weight excluding hydrogens is 445 g/mol. The molecular formula is C21H15Cl2N3O5. The molecule has 0 atom stereocenters. The number of anilines is 2. The van der Waals surface area contributed by atoms with E-state index in [9.17, 15) is 14.8 Å². The zero-order valence-corrected chi connectivity index (χ0v) is 17.8. The number of aromatic nitrogens is 1. The highest BCUT2D eigenvalue weighted by Gasteiger charge is 2.26. The minimum Gasteiger partial charge on any atom is -0.493 e. The molecule has 2 aromatic heterocycles. The van der Waals surface area contributed by atoms with E-state index in [1.54, 1.807) is 24.3 Å². The van der Waals surface area contributed by atoms with Crippen molar-refractivity contribution in [2.75, 3.05) is 17.5 Å². The predicted molar refractivity (Wildman–Crippen MR) is 117 cm³/mol. The van der Waals surface area contributed by atoms with E-state index < -0.39 is 5.91 Å². The van der Waals surface area contributed by atoms with Crippen LogP contribution in [0.1, 0.15) is 17.3 Å². The van der Waals surface area contributed by atoms with Gasteiger partial charge in [0.2, 0.25) is 5.91 Å². The van der Waals surface area contributed by atoms with Crippen molar-refractivity contribution in [3.8, 4) is 5.75 Å². The molecule has 0 saturated heterocycles. The lowest BCUT2D eigenvalue weighted by Gasteiger charge is -2.18. The number of amides is 2. The van der Waals surface area contributed by atoms with Crippen molar-refractivity contribution >= 4 is 68.3 Å². The average molecular weight is 460 g/mol. The number of rotatable bonds is 4. The highest BCUT2D eigenvalue weighted by Crippen LogP contribution is 2.40. The van der Waals surface area contributed by atoms with Gasteiger partial charge in [-0.15, -0.1) is 0 Å². The number of fused-ring (bicyclic) bond motifs is 3. The van der Waals surface area contributed by atoms with Crippen LogP contribution in [0, 0.1) is 0 Å². The summed E-state index contributed by atoms with van der Waals surface area (Å²) >= 11 is 12.2. The molecule has 4 rings (SSSR count). The molecule has 158 valence electrons. The van der Waals surface area contributed by atoms with Crippen molar-refractivity contribution in [1.29, 1.82) is 0 Å². The molecule has 0 fully saturated rings. The molecule has 10 heteroatoms. The summed E-state index contributed by atoms with van der Waals surface area (Å²) in [6, 6.07) is 8.06. The van der Waals surface area contributed by atoms with E-state index in [2.05, 4.69) is 10.3 Å². The number of hydroxylamine groups is 1. The number of furan rings is 1. The quantitative estimate of drug-likeness (QED) is 0.317. The van der Waals surface area contributed by atoms with Crippen LogP contribution in [0.25, 0.3) is 21.9 Å². The number of halogens is 2. The topological polar surface area (TPSA) is 105 Å². The Kier molecular flexibility index (Phi) is 5.45. The Hall–Kier alpha value is -3.33. The van der Waals surface area contributed by atoms with Gasteiger partial charge in [-0.2, -0.15) is 5.06 Å². The Morgan fingerprint density at radius 1 is 1.16 bits per heavy atom. The van der Waals surface area contributed by atoms with Gasteiger partial charge in [-0.3, -0.25) is 19.8 Å². The van der Waals surface area contributed by atoms with E-state index in [0.29, 0.717) is 38.4 Å². The van der Waals surface area contributed by atoms with Crippen molar-refractivity contribution in [3.63, 3.8) is 0 Å². The van der Waals surface area contributed by atoms with Crippen LogP contribution in [0.2, 0.25) is 10.0 Å². The summed E-state index contributed by atoms with van der Waals surface area (Å²) in [5.74, 6) is -0.645. The van der Waals surface area contributed by atoms with Crippen LogP contribution < -0.4 is 15.1 Å². The summed E-state index contributed by atoms with van der Waals surface area (Å²) in [6.07, 6.45) is 2.52. The molecule has 0 radical (unpaired) electrons. The maximum Gasteiger partial charge on any atom is 0.282 e. The molecule has 0 spiro atoms. The summed E-state index contributed by atoms with van der Waals surface area (Å²) in [7, 11) is 1.47. The molecule has 2 N–H and O–H groups in total. The van der Waals surface area contributed by atoms with Gasteiger partial charge in [0.05, 0.1) is 22.7 Å². The zero-order chi connectivity index (χ0) is 22.3. The first-order chi connectivity index (χ1) is 14.8. The van der Waals surface area contributed by atoms with Crippen molar-refractivity contribution < 1.29 is 24.0 Å². The fourth-order valence-electron chi connectivity index (χ4n) is 3.30. The van der Waals surface area contributed by atoms with Crippen LogP contribution in [-0.2, 0) is 4.79 Å². The van der Waals surface area contributed by atoms with E-state index in [4.69, 9.17) is 32.4 Å². The van der Waals surface area contributed by atoms with Gasteiger partial charge in [-0.05, 0) is 30.3 Å². The molecule has 0 aliphatic heterocycles. The lowest BCUT2D eigenvalue weighted by Crippen LogP contribution is -2.27. The SMILES string of the molecule is COc1ccc(C(=O)N(O)c2c(Cl)cncc2Cl)c2c1oc1ccc(NC(C)=O)cc12. The predicted octanol–water partition coefficient (Wildman–Crippen LogP) is 5.29. The molecule has 0 aliphatic rings. The largest absolute Gasteiger partial charge is 0.493 e. The second-order valence-electron chi connectivity index (χ2n) is 6.58. The van der Waals surface area contributed by atoms with Crippen LogP contribution in [0.4, 0.5) is 11.4 Å². The standard InChI is InChI=1S/C21H15Cl2N3O5/c1-10(27)25-11-3-5-16-13(7-11)18-12(4-6-17(30-2)20(18)31-16)21(28)26(29)19-14(22)8-24-9-15(19)23/h3-9,29H,1-2H3,(H,25,27). The van der Waals surface area contributed by atoms with Gasteiger partial charge in [0.1, 0.15) is 11.3 Å². The number of methoxy groups -OCH3 is 1. The van der Waals surface area contributed by atoms with E-state index in [-0.39, 0.29) is 27.2 Å². The Labute approximate surface area is 185 Å². The first kappa shape index (κ1) is 20.9. The fraction of sp³-hybridized carbons (Fsp3) is 0.0952. The van der Waals surface area contributed by atoms with Crippen molar-refractivity contribution in [1.82, 2.24) is 4.98 Å². The molecule has 31 heavy (non-hydrogen) atoms. The lowest BCUT2D eigenvalue weighted by molar-refractivity contribution is -0.114. The normalized spacial score (nSPS) is 11.0. The molecule has 2 amide bonds. The second kappa shape index (κ2) is 8.07. The number of nitrogens with zero attached hydrogens (tertiary/aromatic N) is 2. The molecule has 0 bridgehead atoms. The third kappa shape index (κ3) is 3.65. The zero-order valence-electron chi connectivity index (χ0n) is 16.3. The van der Waals surface area contributed by atoms with Gasteiger partial charge in [0.25, 0.3) is 5.91 Å². The van der Waals surface area contributed by atoms with Crippen molar-refractivity contribution in [2.24, 2.45) is 0 Å². The number of hydrogen-bond acceptors (Lipinski definition) is 6. The summed E-state index contributed by atoms with van der Waals surface area (Å²) in [5.41, 5.74) is 1.31. The summed E-state index contributed by atoms with van der Waals surface area (Å²) < 4.78 is 11.3. The molecule has 2 aromatic carbocycles. The Bertz CT molecular complexity index is 1330. The van der Waals surface area contributed by atoms with Crippen LogP contribution in [0.5, 0.6) is 5.75 Å². The smallest absolute Gasteiger partial charge is 0.282 e. The number of pyridine rings is 1. The van der Waals surface area contributed by atoms with Crippen LogP contribution in [0.15, 0.2) is 47.1 Å². The summed E-state index contributed by atoms with van der Waals surface area (Å²) in [4.78, 5) is 28.5. The number of nitrogens with one attached hydrogen (secondary N) is 1. The highest BCUT2D eigenvalue weighted by molar-refractivity contribution is 6.40. The third-order valence-electron chi connectivity index (χ3n) is 4.59. The van der Waals surface area contributed by atoms with Crippen LogP contribution in [-0.4, -0.2) is 29.1 Å². The fourth-order valence-corrected chi connectivity index (χ4v) is 3.82. The Morgan fingerprint density at radius 3 is 2.52 bits per heavy atom. The van der Waals surface area contributed by atoms with Gasteiger partial charge in [-0.1, -0.05) is 23.2 Å². The number of hydrogen-bond donors (Lipinski definition) is 2. The van der Waals surface area contributed by atoms with Gasteiger partial charge >= 0.3 is 0 Å². The molecule has 8 nitrogen and oxygen atoms in total. The maximum absolute atomic E-state index is 13.3. The van der Waals surface area contributed by atoms with Gasteiger partial charge in [0.15, 0.2) is 11.3 Å². The minimum atomic E-state index is -0.796. The van der Waals surface area contributed by atoms with Gasteiger partial charge in [-0.25, -0.2) is 0 Å². The number of carbonyl (C=O) groups is 2. The third-order valence-corrected chi connectivity index (χ3v) is 5.14. The molecule has 0 aliphatic carbocycles. The molecule has 0 unspecified atom stereocenters. The van der Waals surface area contributed by atoms with Crippen LogP contribution >= 0.6 is 23.2 Å².